The summed E-state index contributed by atoms with van der Waals surface area (Å²) in [6, 6.07) is 19.5. The smallest absolute Gasteiger partial charge is 0.223 e. The van der Waals surface area contributed by atoms with Crippen LogP contribution in [0.3, 0.4) is 0 Å². The molecule has 1 amide bonds. The molecule has 7 heteroatoms. The summed E-state index contributed by atoms with van der Waals surface area (Å²) in [7, 11) is 0. The van der Waals surface area contributed by atoms with Crippen molar-refractivity contribution < 1.29 is 23.4 Å². The summed E-state index contributed by atoms with van der Waals surface area (Å²) >= 11 is 0. The molecule has 0 radical (unpaired) electrons. The number of carbonyl (C=O) groups excluding carboxylic acids is 1. The second kappa shape index (κ2) is 10.7. The van der Waals surface area contributed by atoms with E-state index < -0.39 is 0 Å². The molecular formula is C27H30N2O5. The van der Waals surface area contributed by atoms with Crippen molar-refractivity contribution in [2.75, 3.05) is 26.2 Å². The van der Waals surface area contributed by atoms with Gasteiger partial charge in [0.25, 0.3) is 0 Å². The summed E-state index contributed by atoms with van der Waals surface area (Å²) in [6.07, 6.45) is 3.16. The van der Waals surface area contributed by atoms with E-state index in [1.807, 2.05) is 60.7 Å². The predicted molar refractivity (Wildman–Crippen MR) is 127 cm³/mol. The molecule has 3 heterocycles. The van der Waals surface area contributed by atoms with Gasteiger partial charge in [-0.15, -0.1) is 0 Å². The Labute approximate surface area is 199 Å². The third-order valence-electron chi connectivity index (χ3n) is 6.30. The summed E-state index contributed by atoms with van der Waals surface area (Å²) < 4.78 is 23.3. The zero-order valence-corrected chi connectivity index (χ0v) is 19.2. The topological polar surface area (TPSA) is 73.2 Å². The molecule has 1 aromatic heterocycles. The molecule has 2 aliphatic heterocycles. The molecule has 1 fully saturated rings. The maximum absolute atomic E-state index is 12.7. The van der Waals surface area contributed by atoms with Crippen molar-refractivity contribution in [3.05, 3.63) is 78.3 Å². The Morgan fingerprint density at radius 3 is 2.68 bits per heavy atom. The van der Waals surface area contributed by atoms with Crippen molar-refractivity contribution in [2.24, 2.45) is 5.92 Å². The maximum atomic E-state index is 12.7. The molecule has 1 N–H and O–H groups in total. The third-order valence-corrected chi connectivity index (χ3v) is 6.30. The van der Waals surface area contributed by atoms with Crippen molar-refractivity contribution in [3.8, 4) is 17.2 Å². The van der Waals surface area contributed by atoms with Crippen LogP contribution in [0.5, 0.6) is 17.2 Å². The average molecular weight is 463 g/mol. The van der Waals surface area contributed by atoms with Crippen LogP contribution < -0.4 is 19.5 Å². The van der Waals surface area contributed by atoms with Crippen molar-refractivity contribution >= 4 is 5.91 Å². The molecule has 7 nitrogen and oxygen atoms in total. The van der Waals surface area contributed by atoms with Gasteiger partial charge in [0.1, 0.15) is 30.8 Å². The standard InChI is InChI=1S/C27H30N2O5/c30-27(21-10-12-29(13-11-21)17-23-7-4-14-31-23)28-16-24-19-33-25-9-8-22(15-26(25)34-24)32-18-20-5-2-1-3-6-20/h1-9,14-15,21,24H,10-13,16-19H2,(H,28,30). The fraction of sp³-hybridized carbons (Fsp3) is 0.370. The molecule has 0 saturated carbocycles. The number of hydrogen-bond acceptors (Lipinski definition) is 6. The molecule has 0 spiro atoms. The van der Waals surface area contributed by atoms with E-state index in [0.29, 0.717) is 31.3 Å². The summed E-state index contributed by atoms with van der Waals surface area (Å²) in [6.45, 7) is 3.88. The maximum Gasteiger partial charge on any atom is 0.223 e. The molecule has 0 bridgehead atoms. The van der Waals surface area contributed by atoms with Crippen LogP contribution in [0.1, 0.15) is 24.2 Å². The van der Waals surface area contributed by atoms with Crippen molar-refractivity contribution in [1.29, 1.82) is 0 Å². The van der Waals surface area contributed by atoms with E-state index >= 15 is 0 Å². The van der Waals surface area contributed by atoms with Gasteiger partial charge >= 0.3 is 0 Å². The number of nitrogens with zero attached hydrogens (tertiary/aromatic N) is 1. The van der Waals surface area contributed by atoms with Crippen molar-refractivity contribution in [2.45, 2.75) is 32.1 Å². The second-order valence-corrected chi connectivity index (χ2v) is 8.81. The first kappa shape index (κ1) is 22.3. The van der Waals surface area contributed by atoms with Crippen LogP contribution in [-0.2, 0) is 17.9 Å². The lowest BCUT2D eigenvalue weighted by Crippen LogP contribution is -2.45. The van der Waals surface area contributed by atoms with E-state index in [4.69, 9.17) is 18.6 Å². The Morgan fingerprint density at radius 1 is 1.03 bits per heavy atom. The van der Waals surface area contributed by atoms with Crippen molar-refractivity contribution in [1.82, 2.24) is 10.2 Å². The van der Waals surface area contributed by atoms with E-state index in [1.54, 1.807) is 6.26 Å². The van der Waals surface area contributed by atoms with Gasteiger partial charge in [0.05, 0.1) is 19.4 Å². The molecule has 1 atom stereocenters. The van der Waals surface area contributed by atoms with E-state index in [0.717, 1.165) is 49.5 Å². The fourth-order valence-electron chi connectivity index (χ4n) is 4.36. The average Bonchev–Trinajstić information content (AvgIpc) is 3.40. The number of hydrogen-bond donors (Lipinski definition) is 1. The number of rotatable bonds is 8. The largest absolute Gasteiger partial charge is 0.489 e. The van der Waals surface area contributed by atoms with Gasteiger partial charge in [-0.05, 0) is 55.8 Å². The van der Waals surface area contributed by atoms with Gasteiger partial charge in [0, 0.05) is 12.0 Å². The van der Waals surface area contributed by atoms with Gasteiger partial charge in [-0.2, -0.15) is 0 Å². The Bertz CT molecular complexity index is 1060. The molecular weight excluding hydrogens is 432 g/mol. The van der Waals surface area contributed by atoms with E-state index in [2.05, 4.69) is 10.2 Å². The lowest BCUT2D eigenvalue weighted by molar-refractivity contribution is -0.127. The molecule has 0 aliphatic carbocycles. The van der Waals surface area contributed by atoms with Crippen LogP contribution in [0.2, 0.25) is 0 Å². The van der Waals surface area contributed by atoms with E-state index in [-0.39, 0.29) is 17.9 Å². The first-order valence-electron chi connectivity index (χ1n) is 11.9. The lowest BCUT2D eigenvalue weighted by atomic mass is 9.96. The molecule has 5 rings (SSSR count). The van der Waals surface area contributed by atoms with Crippen LogP contribution in [0.25, 0.3) is 0 Å². The number of nitrogens with one attached hydrogen (secondary N) is 1. The highest BCUT2D eigenvalue weighted by molar-refractivity contribution is 5.78. The zero-order chi connectivity index (χ0) is 23.2. The highest BCUT2D eigenvalue weighted by Gasteiger charge is 2.27. The molecule has 1 saturated heterocycles. The molecule has 2 aromatic carbocycles. The number of amides is 1. The monoisotopic (exact) mass is 462 g/mol. The summed E-state index contributed by atoms with van der Waals surface area (Å²) in [5.74, 6) is 3.14. The molecule has 3 aromatic rings. The lowest BCUT2D eigenvalue weighted by Gasteiger charge is -2.31. The SMILES string of the molecule is O=C(NCC1COc2ccc(OCc3ccccc3)cc2O1)C1CCN(Cc2ccco2)CC1. The number of piperidine rings is 1. The van der Waals surface area contributed by atoms with Gasteiger partial charge < -0.3 is 23.9 Å². The minimum absolute atomic E-state index is 0.0302. The van der Waals surface area contributed by atoms with Crippen LogP contribution in [0.15, 0.2) is 71.3 Å². The van der Waals surface area contributed by atoms with Crippen LogP contribution >= 0.6 is 0 Å². The fourth-order valence-corrected chi connectivity index (χ4v) is 4.36. The highest BCUT2D eigenvalue weighted by Crippen LogP contribution is 2.35. The number of furan rings is 1. The Morgan fingerprint density at radius 2 is 1.88 bits per heavy atom. The highest BCUT2D eigenvalue weighted by atomic mass is 16.6. The Hall–Kier alpha value is -3.45. The van der Waals surface area contributed by atoms with Gasteiger partial charge in [-0.1, -0.05) is 30.3 Å². The summed E-state index contributed by atoms with van der Waals surface area (Å²) in [4.78, 5) is 15.0. The first-order chi connectivity index (χ1) is 16.7. The van der Waals surface area contributed by atoms with E-state index in [9.17, 15) is 4.79 Å². The van der Waals surface area contributed by atoms with Gasteiger partial charge in [0.15, 0.2) is 11.5 Å². The number of fused-ring (bicyclic) bond motifs is 1. The number of benzene rings is 2. The van der Waals surface area contributed by atoms with Gasteiger partial charge in [-0.3, -0.25) is 9.69 Å². The molecule has 2 aliphatic rings. The zero-order valence-electron chi connectivity index (χ0n) is 19.2. The van der Waals surface area contributed by atoms with Gasteiger partial charge in [0.2, 0.25) is 5.91 Å². The molecule has 34 heavy (non-hydrogen) atoms. The first-order valence-corrected chi connectivity index (χ1v) is 11.9. The quantitative estimate of drug-likeness (QED) is 0.545. The van der Waals surface area contributed by atoms with Crippen LogP contribution in [-0.4, -0.2) is 43.2 Å². The minimum atomic E-state index is -0.236. The number of carbonyl (C=O) groups is 1. The van der Waals surface area contributed by atoms with Crippen LogP contribution in [0, 0.1) is 5.92 Å². The normalized spacial score (nSPS) is 18.4. The third kappa shape index (κ3) is 5.72. The summed E-state index contributed by atoms with van der Waals surface area (Å²) in [5.41, 5.74) is 1.10. The number of ether oxygens (including phenoxy) is 3. The van der Waals surface area contributed by atoms with E-state index in [1.165, 1.54) is 0 Å². The van der Waals surface area contributed by atoms with Crippen LogP contribution in [0.4, 0.5) is 0 Å². The molecule has 178 valence electrons. The molecule has 1 unspecified atom stereocenters. The Balaban J connectivity index is 1.07. The van der Waals surface area contributed by atoms with Gasteiger partial charge in [-0.25, -0.2) is 0 Å². The number of likely N-dealkylation sites (tertiary alicyclic amines) is 1. The van der Waals surface area contributed by atoms with Crippen molar-refractivity contribution in [3.63, 3.8) is 0 Å². The predicted octanol–water partition coefficient (Wildman–Crippen LogP) is 4.03. The Kier molecular flexibility index (Phi) is 7.00. The summed E-state index contributed by atoms with van der Waals surface area (Å²) in [5, 5.41) is 3.06. The minimum Gasteiger partial charge on any atom is -0.489 e. The second-order valence-electron chi connectivity index (χ2n) is 8.81.